The Labute approximate surface area is 119 Å². The molecule has 0 spiro atoms. The van der Waals surface area contributed by atoms with E-state index in [-0.39, 0.29) is 30.0 Å². The Morgan fingerprint density at radius 3 is 1.85 bits per heavy atom. The van der Waals surface area contributed by atoms with E-state index in [1.165, 1.54) is 0 Å². The predicted octanol–water partition coefficient (Wildman–Crippen LogP) is 2.30. The van der Waals surface area contributed by atoms with Gasteiger partial charge in [-0.3, -0.25) is 14.4 Å². The van der Waals surface area contributed by atoms with Gasteiger partial charge in [-0.2, -0.15) is 0 Å². The Bertz CT molecular complexity index is 399. The van der Waals surface area contributed by atoms with Crippen molar-refractivity contribution in [2.45, 2.75) is 40.5 Å². The molecule has 1 rings (SSSR count). The van der Waals surface area contributed by atoms with Crippen LogP contribution in [0.25, 0.3) is 0 Å². The van der Waals surface area contributed by atoms with Crippen molar-refractivity contribution in [2.75, 3.05) is 0 Å². The second kappa shape index (κ2) is 6.37. The molecule has 4 atom stereocenters. The first-order chi connectivity index (χ1) is 9.16. The zero-order valence-electron chi connectivity index (χ0n) is 12.5. The number of ketones is 1. The first-order valence-corrected chi connectivity index (χ1v) is 7.15. The maximum absolute atomic E-state index is 12.4. The van der Waals surface area contributed by atoms with Crippen molar-refractivity contribution in [3.63, 3.8) is 0 Å². The smallest absolute Gasteiger partial charge is 0.307 e. The van der Waals surface area contributed by atoms with Crippen LogP contribution in [-0.2, 0) is 14.4 Å². The van der Waals surface area contributed by atoms with Crippen molar-refractivity contribution in [2.24, 2.45) is 35.5 Å². The van der Waals surface area contributed by atoms with Gasteiger partial charge in [0.05, 0.1) is 11.8 Å². The van der Waals surface area contributed by atoms with E-state index in [1.54, 1.807) is 0 Å². The molecule has 2 N–H and O–H groups in total. The molecular weight excluding hydrogens is 260 g/mol. The summed E-state index contributed by atoms with van der Waals surface area (Å²) in [5, 5.41) is 18.6. The van der Waals surface area contributed by atoms with E-state index in [9.17, 15) is 24.6 Å². The first kappa shape index (κ1) is 16.7. The summed E-state index contributed by atoms with van der Waals surface area (Å²) in [7, 11) is 0. The molecule has 0 aromatic carbocycles. The highest BCUT2D eigenvalue weighted by Crippen LogP contribution is 2.47. The summed E-state index contributed by atoms with van der Waals surface area (Å²) in [6.07, 6.45) is 0.367. The maximum atomic E-state index is 12.4. The Morgan fingerprint density at radius 1 is 1.00 bits per heavy atom. The molecule has 1 saturated carbocycles. The lowest BCUT2D eigenvalue weighted by Crippen LogP contribution is -2.34. The van der Waals surface area contributed by atoms with Gasteiger partial charge in [-0.15, -0.1) is 0 Å². The number of carbonyl (C=O) groups is 3. The van der Waals surface area contributed by atoms with Gasteiger partial charge in [0.1, 0.15) is 5.78 Å². The van der Waals surface area contributed by atoms with Crippen molar-refractivity contribution in [3.05, 3.63) is 0 Å². The highest BCUT2D eigenvalue weighted by Gasteiger charge is 2.53. The minimum absolute atomic E-state index is 0.0263. The molecule has 0 bridgehead atoms. The van der Waals surface area contributed by atoms with Crippen LogP contribution < -0.4 is 0 Å². The first-order valence-electron chi connectivity index (χ1n) is 7.15. The van der Waals surface area contributed by atoms with Crippen LogP contribution in [0, 0.1) is 35.5 Å². The van der Waals surface area contributed by atoms with Crippen LogP contribution in [-0.4, -0.2) is 27.9 Å². The number of Topliss-reactive ketones (excluding diaryl/α,β-unsaturated/α-hetero) is 1. The van der Waals surface area contributed by atoms with Crippen LogP contribution in [0.2, 0.25) is 0 Å². The summed E-state index contributed by atoms with van der Waals surface area (Å²) in [6.45, 7) is 7.53. The third-order valence-electron chi connectivity index (χ3n) is 4.21. The molecule has 0 heterocycles. The van der Waals surface area contributed by atoms with Crippen molar-refractivity contribution in [3.8, 4) is 0 Å². The third kappa shape index (κ3) is 3.38. The van der Waals surface area contributed by atoms with Crippen LogP contribution in [0.3, 0.4) is 0 Å². The van der Waals surface area contributed by atoms with Gasteiger partial charge in [0.2, 0.25) is 0 Å². The molecule has 0 amide bonds. The van der Waals surface area contributed by atoms with Gasteiger partial charge in [-0.25, -0.2) is 0 Å². The standard InChI is InChI=1S/C15H24O5/c1-7(2)5-11(16)13-10(15(19)20)6-9(14(17)18)12(13)8(3)4/h7-10,12-13H,5-6H2,1-4H3,(H,17,18)(H,19,20)/t9-,10+,12-,13+/m0/s1. The van der Waals surface area contributed by atoms with Gasteiger partial charge in [-0.1, -0.05) is 27.7 Å². The Kier molecular flexibility index (Phi) is 5.31. The van der Waals surface area contributed by atoms with Gasteiger partial charge in [-0.05, 0) is 24.2 Å². The third-order valence-corrected chi connectivity index (χ3v) is 4.21. The molecule has 1 aliphatic carbocycles. The van der Waals surface area contributed by atoms with E-state index < -0.39 is 29.7 Å². The van der Waals surface area contributed by atoms with Gasteiger partial charge in [0, 0.05) is 12.3 Å². The molecule has 0 aromatic heterocycles. The molecule has 0 saturated heterocycles. The van der Waals surface area contributed by atoms with Crippen LogP contribution in [0.4, 0.5) is 0 Å². The van der Waals surface area contributed by atoms with Crippen LogP contribution in [0.5, 0.6) is 0 Å². The Balaban J connectivity index is 3.13. The van der Waals surface area contributed by atoms with E-state index in [1.807, 2.05) is 27.7 Å². The molecule has 5 heteroatoms. The zero-order valence-corrected chi connectivity index (χ0v) is 12.5. The fourth-order valence-electron chi connectivity index (χ4n) is 3.47. The number of hydrogen-bond acceptors (Lipinski definition) is 3. The van der Waals surface area contributed by atoms with E-state index in [0.717, 1.165) is 0 Å². The fourth-order valence-corrected chi connectivity index (χ4v) is 3.47. The number of hydrogen-bond donors (Lipinski definition) is 2. The van der Waals surface area contributed by atoms with E-state index in [2.05, 4.69) is 0 Å². The summed E-state index contributed by atoms with van der Waals surface area (Å²) in [4.78, 5) is 35.2. The maximum Gasteiger partial charge on any atom is 0.307 e. The molecule has 1 fully saturated rings. The SMILES string of the molecule is CC(C)CC(=O)[C@@H]1[C@@H](C(C)C)[C@@H](C(=O)O)C[C@H]1C(=O)O. The minimum atomic E-state index is -1.05. The van der Waals surface area contributed by atoms with Crippen molar-refractivity contribution < 1.29 is 24.6 Å². The summed E-state index contributed by atoms with van der Waals surface area (Å²) in [5.74, 6) is -4.69. The van der Waals surface area contributed by atoms with Gasteiger partial charge < -0.3 is 10.2 Å². The number of carbonyl (C=O) groups excluding carboxylic acids is 1. The molecule has 0 radical (unpaired) electrons. The van der Waals surface area contributed by atoms with Gasteiger partial charge >= 0.3 is 11.9 Å². The number of aliphatic carboxylic acids is 2. The van der Waals surface area contributed by atoms with Crippen molar-refractivity contribution in [1.82, 2.24) is 0 Å². The summed E-state index contributed by atoms with van der Waals surface area (Å²) in [6, 6.07) is 0. The molecule has 114 valence electrons. The molecule has 0 aliphatic heterocycles. The average molecular weight is 284 g/mol. The number of carboxylic acid groups (broad SMARTS) is 2. The van der Waals surface area contributed by atoms with Crippen molar-refractivity contribution >= 4 is 17.7 Å². The summed E-state index contributed by atoms with van der Waals surface area (Å²) < 4.78 is 0. The van der Waals surface area contributed by atoms with Crippen LogP contribution >= 0.6 is 0 Å². The fraction of sp³-hybridized carbons (Fsp3) is 0.800. The highest BCUT2D eigenvalue weighted by atomic mass is 16.4. The Hall–Kier alpha value is -1.39. The molecule has 5 nitrogen and oxygen atoms in total. The van der Waals surface area contributed by atoms with Crippen LogP contribution in [0.1, 0.15) is 40.5 Å². The quantitative estimate of drug-likeness (QED) is 0.780. The second-order valence-corrected chi connectivity index (χ2v) is 6.54. The second-order valence-electron chi connectivity index (χ2n) is 6.54. The zero-order chi connectivity index (χ0) is 15.6. The minimum Gasteiger partial charge on any atom is -0.481 e. The highest BCUT2D eigenvalue weighted by molar-refractivity contribution is 5.89. The van der Waals surface area contributed by atoms with Gasteiger partial charge in [0.25, 0.3) is 0 Å². The molecule has 20 heavy (non-hydrogen) atoms. The summed E-state index contributed by atoms with van der Waals surface area (Å²) >= 11 is 0. The summed E-state index contributed by atoms with van der Waals surface area (Å²) in [5.41, 5.74) is 0. The molecular formula is C15H24O5. The van der Waals surface area contributed by atoms with Crippen LogP contribution in [0.15, 0.2) is 0 Å². The van der Waals surface area contributed by atoms with Gasteiger partial charge in [0.15, 0.2) is 0 Å². The van der Waals surface area contributed by atoms with Crippen molar-refractivity contribution in [1.29, 1.82) is 0 Å². The Morgan fingerprint density at radius 2 is 1.50 bits per heavy atom. The number of carboxylic acids is 2. The lowest BCUT2D eigenvalue weighted by Gasteiger charge is -2.27. The predicted molar refractivity (Wildman–Crippen MR) is 73.1 cm³/mol. The molecule has 1 aliphatic rings. The van der Waals surface area contributed by atoms with E-state index in [0.29, 0.717) is 6.42 Å². The number of rotatable bonds is 6. The van der Waals surface area contributed by atoms with E-state index >= 15 is 0 Å². The largest absolute Gasteiger partial charge is 0.481 e. The monoisotopic (exact) mass is 284 g/mol. The topological polar surface area (TPSA) is 91.7 Å². The molecule has 0 aromatic rings. The molecule has 0 unspecified atom stereocenters. The normalized spacial score (nSPS) is 29.9. The lowest BCUT2D eigenvalue weighted by molar-refractivity contribution is -0.146. The van der Waals surface area contributed by atoms with E-state index in [4.69, 9.17) is 0 Å². The average Bonchev–Trinajstić information content (AvgIpc) is 2.67. The lowest BCUT2D eigenvalue weighted by atomic mass is 9.75.